The number of aryl methyl sites for hydroxylation is 2. The van der Waals surface area contributed by atoms with Crippen LogP contribution >= 0.6 is 11.3 Å². The van der Waals surface area contributed by atoms with Crippen LogP contribution in [0.15, 0.2) is 42.5 Å². The first-order chi connectivity index (χ1) is 16.2. The highest BCUT2D eigenvalue weighted by Crippen LogP contribution is 2.36. The lowest BCUT2D eigenvalue weighted by atomic mass is 10.00. The summed E-state index contributed by atoms with van der Waals surface area (Å²) in [5.41, 5.74) is 1.26. The number of likely N-dealkylation sites (tertiary alicyclic amines) is 1. The number of amides is 1. The highest BCUT2D eigenvalue weighted by atomic mass is 32.1. The second-order valence-corrected chi connectivity index (χ2v) is 9.85. The number of aliphatic hydroxyl groups is 1. The van der Waals surface area contributed by atoms with Crippen molar-refractivity contribution in [1.29, 1.82) is 0 Å². The number of carbonyl (C=O) groups is 2. The number of unbranched alkanes of at least 4 members (excludes halogenated alkanes) is 1. The Bertz CT molecular complexity index is 936. The zero-order valence-electron chi connectivity index (χ0n) is 19.0. The van der Waals surface area contributed by atoms with E-state index < -0.39 is 36.6 Å². The van der Waals surface area contributed by atoms with Gasteiger partial charge in [0.1, 0.15) is 0 Å². The van der Waals surface area contributed by atoms with Crippen LogP contribution in [0.1, 0.15) is 55.4 Å². The molecule has 34 heavy (non-hydrogen) atoms. The van der Waals surface area contributed by atoms with Crippen molar-refractivity contribution < 1.29 is 33.3 Å². The molecule has 0 saturated carbocycles. The molecule has 0 aliphatic carbocycles. The lowest BCUT2D eigenvalue weighted by Crippen LogP contribution is -2.37. The van der Waals surface area contributed by atoms with Crippen LogP contribution in [0.4, 0.5) is 13.6 Å². The number of aliphatic hydroxyl groups excluding tert-OH is 1. The third kappa shape index (κ3) is 7.77. The summed E-state index contributed by atoms with van der Waals surface area (Å²) in [7, 11) is 0. The Hall–Kier alpha value is -2.52. The summed E-state index contributed by atoms with van der Waals surface area (Å²) in [6.07, 6.45) is 2.63. The van der Waals surface area contributed by atoms with Gasteiger partial charge in [0.15, 0.2) is 5.06 Å². The highest BCUT2D eigenvalue weighted by Gasteiger charge is 2.52. The van der Waals surface area contributed by atoms with E-state index in [0.29, 0.717) is 32.1 Å². The van der Waals surface area contributed by atoms with Gasteiger partial charge >= 0.3 is 12.1 Å². The number of halogens is 2. The van der Waals surface area contributed by atoms with Gasteiger partial charge in [-0.25, -0.2) is 4.79 Å². The summed E-state index contributed by atoms with van der Waals surface area (Å²) in [4.78, 5) is 24.9. The molecular formula is C25H31F2NO5S. The first kappa shape index (κ1) is 26.1. The number of thiophene rings is 1. The zero-order chi connectivity index (χ0) is 24.6. The molecule has 1 aliphatic heterocycles. The van der Waals surface area contributed by atoms with Gasteiger partial charge in [0.05, 0.1) is 6.10 Å². The fourth-order valence-corrected chi connectivity index (χ4v) is 5.24. The number of benzene rings is 1. The van der Waals surface area contributed by atoms with Gasteiger partial charge in [-0.15, -0.1) is 11.3 Å². The molecule has 3 rings (SSSR count). The third-order valence-corrected chi connectivity index (χ3v) is 7.11. The Morgan fingerprint density at radius 1 is 1.12 bits per heavy atom. The molecule has 1 saturated heterocycles. The SMILES string of the molecule is O=C(O)Oc1ccc(CCCN2C(=O)C(F)(F)C[C@@H]2CC[C@@H](O)CCCCc2ccccc2)s1. The first-order valence-corrected chi connectivity index (χ1v) is 12.5. The molecule has 0 radical (unpaired) electrons. The molecule has 0 bridgehead atoms. The predicted octanol–water partition coefficient (Wildman–Crippen LogP) is 5.53. The minimum atomic E-state index is -3.36. The van der Waals surface area contributed by atoms with Crippen LogP contribution in [0.25, 0.3) is 0 Å². The number of carboxylic acid groups (broad SMARTS) is 1. The fraction of sp³-hybridized carbons (Fsp3) is 0.520. The van der Waals surface area contributed by atoms with E-state index in [4.69, 9.17) is 5.11 Å². The molecule has 9 heteroatoms. The van der Waals surface area contributed by atoms with E-state index in [9.17, 15) is 23.5 Å². The fourth-order valence-electron chi connectivity index (χ4n) is 4.35. The maximum Gasteiger partial charge on any atom is 0.512 e. The smallest absolute Gasteiger partial charge is 0.449 e. The van der Waals surface area contributed by atoms with Crippen molar-refractivity contribution in [3.8, 4) is 5.06 Å². The molecule has 2 aromatic rings. The number of alkyl halides is 2. The summed E-state index contributed by atoms with van der Waals surface area (Å²) < 4.78 is 32.8. The van der Waals surface area contributed by atoms with Gasteiger partial charge in [0.25, 0.3) is 5.91 Å². The largest absolute Gasteiger partial charge is 0.512 e. The van der Waals surface area contributed by atoms with E-state index >= 15 is 0 Å². The van der Waals surface area contributed by atoms with Crippen LogP contribution in [-0.2, 0) is 17.6 Å². The van der Waals surface area contributed by atoms with E-state index in [0.717, 1.165) is 24.1 Å². The number of rotatable bonds is 13. The van der Waals surface area contributed by atoms with Crippen LogP contribution in [-0.4, -0.2) is 51.8 Å². The van der Waals surface area contributed by atoms with Crippen molar-refractivity contribution >= 4 is 23.4 Å². The van der Waals surface area contributed by atoms with Gasteiger partial charge in [0, 0.05) is 23.9 Å². The molecule has 1 aromatic heterocycles. The molecule has 1 fully saturated rings. The minimum Gasteiger partial charge on any atom is -0.449 e. The van der Waals surface area contributed by atoms with Crippen LogP contribution in [0.5, 0.6) is 5.06 Å². The second kappa shape index (κ2) is 12.3. The summed E-state index contributed by atoms with van der Waals surface area (Å²) >= 11 is 1.18. The molecule has 1 amide bonds. The Morgan fingerprint density at radius 2 is 1.88 bits per heavy atom. The van der Waals surface area contributed by atoms with Gasteiger partial charge in [0.2, 0.25) is 0 Å². The van der Waals surface area contributed by atoms with Crippen LogP contribution in [0.2, 0.25) is 0 Å². The molecule has 2 atom stereocenters. The summed E-state index contributed by atoms with van der Waals surface area (Å²) in [6.45, 7) is 0.194. The van der Waals surface area contributed by atoms with E-state index in [1.807, 2.05) is 18.2 Å². The average molecular weight is 496 g/mol. The first-order valence-electron chi connectivity index (χ1n) is 11.6. The Kier molecular flexibility index (Phi) is 9.41. The summed E-state index contributed by atoms with van der Waals surface area (Å²) in [5, 5.41) is 19.2. The van der Waals surface area contributed by atoms with Crippen molar-refractivity contribution in [2.24, 2.45) is 0 Å². The molecular weight excluding hydrogens is 464 g/mol. The van der Waals surface area contributed by atoms with Gasteiger partial charge in [-0.05, 0) is 62.6 Å². The zero-order valence-corrected chi connectivity index (χ0v) is 19.8. The maximum absolute atomic E-state index is 14.1. The molecule has 1 aliphatic rings. The Labute approximate surface area is 202 Å². The molecule has 2 N–H and O–H groups in total. The van der Waals surface area contributed by atoms with Crippen molar-refractivity contribution in [3.05, 3.63) is 52.9 Å². The van der Waals surface area contributed by atoms with Crippen molar-refractivity contribution in [2.75, 3.05) is 6.54 Å². The standard InChI is InChI=1S/C25H31F2NO5S/c26-25(27)17-19(12-13-20(29)10-5-4-9-18-7-2-1-3-8-18)28(23(25)30)16-6-11-21-14-15-22(34-21)33-24(31)32/h1-3,7-8,14-15,19-20,29H,4-6,9-13,16-17H2,(H,31,32)/t19-,20-/m0/s1. The van der Waals surface area contributed by atoms with Crippen molar-refractivity contribution in [1.82, 2.24) is 4.90 Å². The lowest BCUT2D eigenvalue weighted by Gasteiger charge is -2.25. The number of ether oxygens (including phenoxy) is 1. The van der Waals surface area contributed by atoms with Crippen molar-refractivity contribution in [3.63, 3.8) is 0 Å². The average Bonchev–Trinajstić information content (AvgIpc) is 3.32. The molecule has 1 aromatic carbocycles. The number of hydrogen-bond donors (Lipinski definition) is 2. The minimum absolute atomic E-state index is 0.194. The van der Waals surface area contributed by atoms with Crippen molar-refractivity contribution in [2.45, 2.75) is 75.9 Å². The molecule has 6 nitrogen and oxygen atoms in total. The van der Waals surface area contributed by atoms with Crippen LogP contribution in [0, 0.1) is 0 Å². The van der Waals surface area contributed by atoms with Crippen LogP contribution < -0.4 is 4.74 Å². The van der Waals surface area contributed by atoms with E-state index in [-0.39, 0.29) is 11.6 Å². The normalized spacial score (nSPS) is 18.3. The Morgan fingerprint density at radius 3 is 2.62 bits per heavy atom. The van der Waals surface area contributed by atoms with E-state index in [1.165, 1.54) is 21.8 Å². The second-order valence-electron chi connectivity index (χ2n) is 8.72. The quantitative estimate of drug-likeness (QED) is 0.282. The lowest BCUT2D eigenvalue weighted by molar-refractivity contribution is -0.148. The third-order valence-electron chi connectivity index (χ3n) is 6.08. The summed E-state index contributed by atoms with van der Waals surface area (Å²) in [5.74, 6) is -4.51. The highest BCUT2D eigenvalue weighted by molar-refractivity contribution is 7.13. The topological polar surface area (TPSA) is 87.1 Å². The van der Waals surface area contributed by atoms with Gasteiger partial charge in [-0.1, -0.05) is 36.8 Å². The predicted molar refractivity (Wildman–Crippen MR) is 126 cm³/mol. The van der Waals surface area contributed by atoms with Crippen LogP contribution in [0.3, 0.4) is 0 Å². The molecule has 186 valence electrons. The number of nitrogens with zero attached hydrogens (tertiary/aromatic N) is 1. The van der Waals surface area contributed by atoms with Gasteiger partial charge in [-0.2, -0.15) is 8.78 Å². The molecule has 0 unspecified atom stereocenters. The molecule has 0 spiro atoms. The number of hydrogen-bond acceptors (Lipinski definition) is 5. The molecule has 2 heterocycles. The summed E-state index contributed by atoms with van der Waals surface area (Å²) in [6, 6.07) is 12.8. The van der Waals surface area contributed by atoms with Gasteiger partial charge < -0.3 is 19.8 Å². The van der Waals surface area contributed by atoms with Gasteiger partial charge in [-0.3, -0.25) is 4.79 Å². The Balaban J connectivity index is 1.41. The maximum atomic E-state index is 14.1. The van der Waals surface area contributed by atoms with E-state index in [1.54, 1.807) is 12.1 Å². The monoisotopic (exact) mass is 495 g/mol. The van der Waals surface area contributed by atoms with E-state index in [2.05, 4.69) is 16.9 Å². The number of carbonyl (C=O) groups excluding carboxylic acids is 1.